The third-order valence-electron chi connectivity index (χ3n) is 3.27. The van der Waals surface area contributed by atoms with E-state index in [1.54, 1.807) is 4.90 Å². The van der Waals surface area contributed by atoms with Crippen LogP contribution in [-0.2, 0) is 9.47 Å². The summed E-state index contributed by atoms with van der Waals surface area (Å²) in [5.41, 5.74) is -0.426. The van der Waals surface area contributed by atoms with E-state index in [9.17, 15) is 4.79 Å². The number of carbonyl (C=O) groups is 1. The Kier molecular flexibility index (Phi) is 4.41. The Bertz CT molecular complexity index is 312. The molecule has 1 heterocycles. The summed E-state index contributed by atoms with van der Waals surface area (Å²) in [6.07, 6.45) is 4.00. The highest BCUT2D eigenvalue weighted by molar-refractivity contribution is 14.1. The zero-order valence-electron chi connectivity index (χ0n) is 11.3. The Balaban J connectivity index is 1.83. The summed E-state index contributed by atoms with van der Waals surface area (Å²) in [4.78, 5) is 13.7. The minimum atomic E-state index is -0.426. The second-order valence-corrected chi connectivity index (χ2v) is 7.73. The molecule has 104 valence electrons. The maximum atomic E-state index is 12.0. The molecule has 4 nitrogen and oxygen atoms in total. The molecule has 1 amide bonds. The fraction of sp³-hybridized carbons (Fsp3) is 0.923. The van der Waals surface area contributed by atoms with Crippen LogP contribution in [0, 0.1) is 0 Å². The summed E-state index contributed by atoms with van der Waals surface area (Å²) in [5, 5.41) is 0. The van der Waals surface area contributed by atoms with Crippen LogP contribution < -0.4 is 0 Å². The Morgan fingerprint density at radius 2 is 1.94 bits per heavy atom. The van der Waals surface area contributed by atoms with Crippen LogP contribution in [0.3, 0.4) is 0 Å². The van der Waals surface area contributed by atoms with Gasteiger partial charge in [-0.25, -0.2) is 4.79 Å². The molecule has 0 N–H and O–H groups in total. The van der Waals surface area contributed by atoms with Crippen LogP contribution >= 0.6 is 22.6 Å². The molecule has 2 fully saturated rings. The summed E-state index contributed by atoms with van der Waals surface area (Å²) < 4.78 is 11.8. The van der Waals surface area contributed by atoms with Crippen LogP contribution in [0.1, 0.15) is 40.0 Å². The molecular weight excluding hydrogens is 345 g/mol. The highest BCUT2D eigenvalue weighted by atomic mass is 127. The predicted octanol–water partition coefficient (Wildman–Crippen LogP) is 2.98. The van der Waals surface area contributed by atoms with Gasteiger partial charge in [0.05, 0.1) is 22.7 Å². The smallest absolute Gasteiger partial charge is 0.410 e. The largest absolute Gasteiger partial charge is 0.444 e. The third kappa shape index (κ3) is 3.73. The van der Waals surface area contributed by atoms with E-state index in [1.165, 1.54) is 19.3 Å². The maximum absolute atomic E-state index is 12.0. The van der Waals surface area contributed by atoms with E-state index < -0.39 is 5.60 Å². The van der Waals surface area contributed by atoms with Gasteiger partial charge in [-0.15, -0.1) is 0 Å². The minimum Gasteiger partial charge on any atom is -0.444 e. The molecule has 2 atom stereocenters. The monoisotopic (exact) mass is 367 g/mol. The van der Waals surface area contributed by atoms with Gasteiger partial charge < -0.3 is 14.4 Å². The molecule has 18 heavy (non-hydrogen) atoms. The SMILES string of the molecule is CC(C)(C)OC(=O)N1CC(I)C(OC2CCC2)C1. The zero-order chi connectivity index (χ0) is 13.3. The number of hydrogen-bond donors (Lipinski definition) is 0. The van der Waals surface area contributed by atoms with Gasteiger partial charge in [0.25, 0.3) is 0 Å². The van der Waals surface area contributed by atoms with E-state index in [-0.39, 0.29) is 12.2 Å². The van der Waals surface area contributed by atoms with E-state index in [2.05, 4.69) is 22.6 Å². The number of hydrogen-bond acceptors (Lipinski definition) is 3. The number of ether oxygens (including phenoxy) is 2. The molecule has 0 radical (unpaired) electrons. The fourth-order valence-electron chi connectivity index (χ4n) is 2.09. The first-order valence-electron chi connectivity index (χ1n) is 6.62. The van der Waals surface area contributed by atoms with Crippen molar-refractivity contribution < 1.29 is 14.3 Å². The molecule has 0 aromatic heterocycles. The van der Waals surface area contributed by atoms with Gasteiger partial charge in [0.1, 0.15) is 5.60 Å². The Morgan fingerprint density at radius 1 is 1.28 bits per heavy atom. The molecule has 2 unspecified atom stereocenters. The second-order valence-electron chi connectivity index (χ2n) is 6.13. The van der Waals surface area contributed by atoms with Crippen molar-refractivity contribution in [2.24, 2.45) is 0 Å². The van der Waals surface area contributed by atoms with Gasteiger partial charge in [-0.3, -0.25) is 0 Å². The van der Waals surface area contributed by atoms with Crippen LogP contribution in [0.5, 0.6) is 0 Å². The first-order chi connectivity index (χ1) is 8.35. The molecular formula is C13H22INO3. The first-order valence-corrected chi connectivity index (χ1v) is 7.87. The summed E-state index contributed by atoms with van der Waals surface area (Å²) in [7, 11) is 0. The molecule has 1 aliphatic heterocycles. The quantitative estimate of drug-likeness (QED) is 0.557. The number of amides is 1. The van der Waals surface area contributed by atoms with Gasteiger partial charge in [0.15, 0.2) is 0 Å². The maximum Gasteiger partial charge on any atom is 0.410 e. The van der Waals surface area contributed by atoms with Crippen LogP contribution in [0.15, 0.2) is 0 Å². The molecule has 0 bridgehead atoms. The van der Waals surface area contributed by atoms with Gasteiger partial charge in [-0.2, -0.15) is 0 Å². The highest BCUT2D eigenvalue weighted by Crippen LogP contribution is 2.29. The summed E-state index contributed by atoms with van der Waals surface area (Å²) in [5.74, 6) is 0. The van der Waals surface area contributed by atoms with Gasteiger partial charge >= 0.3 is 6.09 Å². The number of halogens is 1. The van der Waals surface area contributed by atoms with Crippen molar-refractivity contribution in [2.75, 3.05) is 13.1 Å². The van der Waals surface area contributed by atoms with Gasteiger partial charge in [0.2, 0.25) is 0 Å². The average Bonchev–Trinajstić information content (AvgIpc) is 2.51. The average molecular weight is 367 g/mol. The second kappa shape index (κ2) is 5.53. The van der Waals surface area contributed by atoms with Crippen molar-refractivity contribution in [2.45, 2.75) is 61.8 Å². The molecule has 1 saturated heterocycles. The molecule has 2 rings (SSSR count). The molecule has 2 aliphatic rings. The summed E-state index contributed by atoms with van der Waals surface area (Å²) in [6, 6.07) is 0. The molecule has 0 spiro atoms. The molecule has 0 aromatic carbocycles. The lowest BCUT2D eigenvalue weighted by molar-refractivity contribution is -0.0438. The Morgan fingerprint density at radius 3 is 2.44 bits per heavy atom. The van der Waals surface area contributed by atoms with Gasteiger partial charge in [0, 0.05) is 6.54 Å². The van der Waals surface area contributed by atoms with E-state index in [0.29, 0.717) is 16.6 Å². The number of likely N-dealkylation sites (tertiary alicyclic amines) is 1. The van der Waals surface area contributed by atoms with Crippen LogP contribution in [0.2, 0.25) is 0 Å². The summed E-state index contributed by atoms with van der Waals surface area (Å²) in [6.45, 7) is 7.08. The molecule has 5 heteroatoms. The number of carbonyl (C=O) groups excluding carboxylic acids is 1. The summed E-state index contributed by atoms with van der Waals surface area (Å²) >= 11 is 2.38. The van der Waals surface area contributed by atoms with Crippen molar-refractivity contribution in [3.05, 3.63) is 0 Å². The van der Waals surface area contributed by atoms with Gasteiger partial charge in [-0.1, -0.05) is 22.6 Å². The van der Waals surface area contributed by atoms with Crippen molar-refractivity contribution >= 4 is 28.7 Å². The normalized spacial score (nSPS) is 29.2. The lowest BCUT2D eigenvalue weighted by Crippen LogP contribution is -2.37. The zero-order valence-corrected chi connectivity index (χ0v) is 13.5. The predicted molar refractivity (Wildman–Crippen MR) is 78.1 cm³/mol. The van der Waals surface area contributed by atoms with E-state index in [4.69, 9.17) is 9.47 Å². The van der Waals surface area contributed by atoms with Crippen molar-refractivity contribution in [1.29, 1.82) is 0 Å². The lowest BCUT2D eigenvalue weighted by Gasteiger charge is -2.30. The number of rotatable bonds is 2. The number of nitrogens with zero attached hydrogens (tertiary/aromatic N) is 1. The first kappa shape index (κ1) is 14.4. The standard InChI is InChI=1S/C13H22INO3/c1-13(2,3)18-12(16)15-7-10(14)11(8-15)17-9-5-4-6-9/h9-11H,4-8H2,1-3H3. The lowest BCUT2D eigenvalue weighted by atomic mass is 9.96. The van der Waals surface area contributed by atoms with Gasteiger partial charge in [-0.05, 0) is 40.0 Å². The van der Waals surface area contributed by atoms with E-state index in [0.717, 1.165) is 6.54 Å². The highest BCUT2D eigenvalue weighted by Gasteiger charge is 2.38. The van der Waals surface area contributed by atoms with Crippen LogP contribution in [0.4, 0.5) is 4.79 Å². The van der Waals surface area contributed by atoms with E-state index >= 15 is 0 Å². The number of alkyl halides is 1. The Labute approximate surface area is 123 Å². The van der Waals surface area contributed by atoms with E-state index in [1.807, 2.05) is 20.8 Å². The molecule has 0 aromatic rings. The van der Waals surface area contributed by atoms with Crippen molar-refractivity contribution in [3.8, 4) is 0 Å². The van der Waals surface area contributed by atoms with Crippen LogP contribution in [-0.4, -0.2) is 45.8 Å². The van der Waals surface area contributed by atoms with Crippen molar-refractivity contribution in [1.82, 2.24) is 4.90 Å². The molecule has 1 saturated carbocycles. The fourth-order valence-corrected chi connectivity index (χ4v) is 2.96. The van der Waals surface area contributed by atoms with Crippen LogP contribution in [0.25, 0.3) is 0 Å². The third-order valence-corrected chi connectivity index (χ3v) is 4.47. The van der Waals surface area contributed by atoms with Crippen molar-refractivity contribution in [3.63, 3.8) is 0 Å². The molecule has 1 aliphatic carbocycles. The minimum absolute atomic E-state index is 0.170. The topological polar surface area (TPSA) is 38.8 Å². The Hall–Kier alpha value is -0.0400.